The molecule has 1 aliphatic carbocycles. The number of ether oxygens (including phenoxy) is 1. The van der Waals surface area contributed by atoms with Crippen molar-refractivity contribution in [2.45, 2.75) is 51.0 Å². The van der Waals surface area contributed by atoms with E-state index in [2.05, 4.69) is 15.5 Å². The third-order valence-electron chi connectivity index (χ3n) is 5.12. The number of hydrogen-bond acceptors (Lipinski definition) is 5. The normalized spacial score (nSPS) is 20.6. The quantitative estimate of drug-likeness (QED) is 0.925. The molecule has 0 saturated heterocycles. The lowest BCUT2D eigenvalue weighted by atomic mass is 9.89. The lowest BCUT2D eigenvalue weighted by Gasteiger charge is -2.24. The molecule has 1 unspecified atom stereocenters. The highest BCUT2D eigenvalue weighted by Gasteiger charge is 2.26. The van der Waals surface area contributed by atoms with Crippen molar-refractivity contribution >= 4 is 5.91 Å². The molecule has 6 heteroatoms. The van der Waals surface area contributed by atoms with Crippen molar-refractivity contribution in [2.24, 2.45) is 5.92 Å². The summed E-state index contributed by atoms with van der Waals surface area (Å²) < 4.78 is 11.0. The molecule has 1 aromatic heterocycles. The summed E-state index contributed by atoms with van der Waals surface area (Å²) >= 11 is 0. The molecule has 1 atom stereocenters. The Balaban J connectivity index is 1.31. The number of nitrogens with one attached hydrogen (secondary N) is 1. The number of carbonyl (C=O) groups is 1. The Morgan fingerprint density at radius 2 is 2.04 bits per heavy atom. The van der Waals surface area contributed by atoms with Crippen LogP contribution in [0.25, 0.3) is 0 Å². The molecule has 1 amide bonds. The van der Waals surface area contributed by atoms with Crippen LogP contribution in [0.3, 0.4) is 0 Å². The molecule has 25 heavy (non-hydrogen) atoms. The third kappa shape index (κ3) is 3.67. The van der Waals surface area contributed by atoms with Crippen LogP contribution in [0.1, 0.15) is 55.3 Å². The minimum atomic E-state index is -0.185. The Kier molecular flexibility index (Phi) is 4.68. The number of nitrogens with zero attached hydrogens (tertiary/aromatic N) is 2. The van der Waals surface area contributed by atoms with Gasteiger partial charge >= 0.3 is 0 Å². The molecule has 2 heterocycles. The van der Waals surface area contributed by atoms with Gasteiger partial charge in [-0.15, -0.1) is 0 Å². The predicted octanol–water partition coefficient (Wildman–Crippen LogP) is 2.98. The fourth-order valence-corrected chi connectivity index (χ4v) is 3.67. The zero-order valence-electron chi connectivity index (χ0n) is 14.2. The molecule has 1 saturated carbocycles. The van der Waals surface area contributed by atoms with Crippen LogP contribution in [-0.2, 0) is 17.8 Å². The molecule has 1 fully saturated rings. The highest BCUT2D eigenvalue weighted by atomic mass is 16.5. The molecule has 0 radical (unpaired) electrons. The first-order chi connectivity index (χ1) is 12.3. The van der Waals surface area contributed by atoms with Gasteiger partial charge in [0.2, 0.25) is 11.8 Å². The number of rotatable bonds is 4. The molecule has 132 valence electrons. The maximum Gasteiger partial charge on any atom is 0.246 e. The van der Waals surface area contributed by atoms with E-state index < -0.39 is 0 Å². The fraction of sp³-hybridized carbons (Fsp3) is 0.526. The SMILES string of the molecule is O=C(NCc1nc(C2CCCCC2)no1)C1COc2ccccc2C1. The van der Waals surface area contributed by atoms with Gasteiger partial charge in [0.25, 0.3) is 0 Å². The molecule has 2 aliphatic rings. The summed E-state index contributed by atoms with van der Waals surface area (Å²) in [6.45, 7) is 0.677. The summed E-state index contributed by atoms with van der Waals surface area (Å²) in [5.74, 6) is 2.33. The van der Waals surface area contributed by atoms with E-state index in [0.717, 1.165) is 30.0 Å². The van der Waals surface area contributed by atoms with Gasteiger partial charge in [0.1, 0.15) is 12.4 Å². The van der Waals surface area contributed by atoms with Gasteiger partial charge in [0.15, 0.2) is 5.82 Å². The van der Waals surface area contributed by atoms with Crippen LogP contribution in [0.2, 0.25) is 0 Å². The van der Waals surface area contributed by atoms with Gasteiger partial charge < -0.3 is 14.6 Å². The first-order valence-corrected chi connectivity index (χ1v) is 9.10. The number of carbonyl (C=O) groups excluding carboxylic acids is 1. The highest BCUT2D eigenvalue weighted by molar-refractivity contribution is 5.79. The Bertz CT molecular complexity index is 737. The van der Waals surface area contributed by atoms with Gasteiger partial charge in [-0.25, -0.2) is 0 Å². The minimum Gasteiger partial charge on any atom is -0.492 e. The largest absolute Gasteiger partial charge is 0.492 e. The van der Waals surface area contributed by atoms with E-state index in [-0.39, 0.29) is 18.4 Å². The maximum atomic E-state index is 12.4. The van der Waals surface area contributed by atoms with Gasteiger partial charge in [-0.05, 0) is 30.9 Å². The number of hydrogen-bond donors (Lipinski definition) is 1. The second-order valence-corrected chi connectivity index (χ2v) is 6.92. The molecule has 2 aromatic rings. The van der Waals surface area contributed by atoms with Gasteiger partial charge in [0, 0.05) is 5.92 Å². The summed E-state index contributed by atoms with van der Waals surface area (Å²) in [5, 5.41) is 7.00. The van der Waals surface area contributed by atoms with Crippen LogP contribution in [0.4, 0.5) is 0 Å². The second-order valence-electron chi connectivity index (χ2n) is 6.92. The predicted molar refractivity (Wildman–Crippen MR) is 91.1 cm³/mol. The van der Waals surface area contributed by atoms with Crippen LogP contribution in [-0.4, -0.2) is 22.7 Å². The molecular formula is C19H23N3O3. The fourth-order valence-electron chi connectivity index (χ4n) is 3.67. The Morgan fingerprint density at radius 3 is 2.92 bits per heavy atom. The van der Waals surface area contributed by atoms with Crippen LogP contribution < -0.4 is 10.1 Å². The number of fused-ring (bicyclic) bond motifs is 1. The number of amides is 1. The molecule has 1 aromatic carbocycles. The van der Waals surface area contributed by atoms with Gasteiger partial charge in [-0.1, -0.05) is 42.6 Å². The molecule has 6 nitrogen and oxygen atoms in total. The number of aromatic nitrogens is 2. The lowest BCUT2D eigenvalue weighted by Crippen LogP contribution is -2.37. The Hall–Kier alpha value is -2.37. The van der Waals surface area contributed by atoms with Crippen molar-refractivity contribution in [3.05, 3.63) is 41.5 Å². The summed E-state index contributed by atoms with van der Waals surface area (Å²) in [6, 6.07) is 7.85. The van der Waals surface area contributed by atoms with Crippen LogP contribution >= 0.6 is 0 Å². The molecule has 1 N–H and O–H groups in total. The molecular weight excluding hydrogens is 318 g/mol. The first-order valence-electron chi connectivity index (χ1n) is 9.10. The Morgan fingerprint density at radius 1 is 1.20 bits per heavy atom. The molecule has 4 rings (SSSR count). The van der Waals surface area contributed by atoms with E-state index in [1.54, 1.807) is 0 Å². The van der Waals surface area contributed by atoms with Crippen molar-refractivity contribution in [3.63, 3.8) is 0 Å². The molecule has 0 bridgehead atoms. The van der Waals surface area contributed by atoms with Gasteiger partial charge in [-0.2, -0.15) is 4.98 Å². The van der Waals surface area contributed by atoms with Crippen LogP contribution in [0.15, 0.2) is 28.8 Å². The van der Waals surface area contributed by atoms with E-state index in [9.17, 15) is 4.79 Å². The van der Waals surface area contributed by atoms with Crippen LogP contribution in [0.5, 0.6) is 5.75 Å². The maximum absolute atomic E-state index is 12.4. The van der Waals surface area contributed by atoms with Crippen molar-refractivity contribution in [2.75, 3.05) is 6.61 Å². The second kappa shape index (κ2) is 7.25. The van der Waals surface area contributed by atoms with Gasteiger partial charge in [-0.3, -0.25) is 4.79 Å². The van der Waals surface area contributed by atoms with Gasteiger partial charge in [0.05, 0.1) is 12.5 Å². The lowest BCUT2D eigenvalue weighted by molar-refractivity contribution is -0.126. The topological polar surface area (TPSA) is 77.3 Å². The van der Waals surface area contributed by atoms with E-state index in [4.69, 9.17) is 9.26 Å². The molecule has 1 aliphatic heterocycles. The van der Waals surface area contributed by atoms with Crippen LogP contribution in [0, 0.1) is 5.92 Å². The zero-order chi connectivity index (χ0) is 17.1. The van der Waals surface area contributed by atoms with Crippen molar-refractivity contribution < 1.29 is 14.1 Å². The molecule has 0 spiro atoms. The van der Waals surface area contributed by atoms with E-state index in [1.807, 2.05) is 24.3 Å². The van der Waals surface area contributed by atoms with E-state index in [0.29, 0.717) is 24.8 Å². The zero-order valence-corrected chi connectivity index (χ0v) is 14.2. The number of benzene rings is 1. The van der Waals surface area contributed by atoms with Crippen molar-refractivity contribution in [1.82, 2.24) is 15.5 Å². The summed E-state index contributed by atoms with van der Waals surface area (Å²) in [5.41, 5.74) is 1.08. The smallest absolute Gasteiger partial charge is 0.246 e. The standard InChI is InChI=1S/C19H23N3O3/c23-19(15-10-14-8-4-5-9-16(14)24-12-15)20-11-17-21-18(22-25-17)13-6-2-1-3-7-13/h4-5,8-9,13,15H,1-3,6-7,10-12H2,(H,20,23). The highest BCUT2D eigenvalue weighted by Crippen LogP contribution is 2.31. The van der Waals surface area contributed by atoms with Crippen molar-refractivity contribution in [1.29, 1.82) is 0 Å². The number of para-hydroxylation sites is 1. The summed E-state index contributed by atoms with van der Waals surface area (Å²) in [4.78, 5) is 16.9. The van der Waals surface area contributed by atoms with Crippen molar-refractivity contribution in [3.8, 4) is 5.75 Å². The average molecular weight is 341 g/mol. The summed E-state index contributed by atoms with van der Waals surface area (Å²) in [6.07, 6.45) is 6.71. The monoisotopic (exact) mass is 341 g/mol. The minimum absolute atomic E-state index is 0.0353. The third-order valence-corrected chi connectivity index (χ3v) is 5.12. The average Bonchev–Trinajstić information content (AvgIpc) is 3.15. The van der Waals surface area contributed by atoms with E-state index in [1.165, 1.54) is 19.3 Å². The summed E-state index contributed by atoms with van der Waals surface area (Å²) in [7, 11) is 0. The van der Waals surface area contributed by atoms with E-state index >= 15 is 0 Å². The Labute approximate surface area is 147 Å². The first kappa shape index (κ1) is 16.1.